The highest BCUT2D eigenvalue weighted by atomic mass is 16.5. The van der Waals surface area contributed by atoms with E-state index in [1.54, 1.807) is 0 Å². The number of ether oxygens (including phenoxy) is 1. The summed E-state index contributed by atoms with van der Waals surface area (Å²) in [6, 6.07) is 5.93. The van der Waals surface area contributed by atoms with Gasteiger partial charge in [0, 0.05) is 18.6 Å². The first-order valence-corrected chi connectivity index (χ1v) is 6.39. The summed E-state index contributed by atoms with van der Waals surface area (Å²) < 4.78 is 5.60. The zero-order valence-electron chi connectivity index (χ0n) is 10.7. The molecule has 2 heteroatoms. The van der Waals surface area contributed by atoms with Crippen LogP contribution in [0.5, 0.6) is 0 Å². The largest absolute Gasteiger partial charge is 0.378 e. The van der Waals surface area contributed by atoms with E-state index in [0.717, 1.165) is 25.0 Å². The quantitative estimate of drug-likeness (QED) is 0.746. The zero-order chi connectivity index (χ0) is 12.3. The minimum Gasteiger partial charge on any atom is -0.378 e. The Morgan fingerprint density at radius 1 is 1.29 bits per heavy atom. The molecule has 1 unspecified atom stereocenters. The highest BCUT2D eigenvalue weighted by Crippen LogP contribution is 2.19. The number of carbonyl (C=O) groups excluding carboxylic acids is 1. The van der Waals surface area contributed by atoms with Gasteiger partial charge < -0.3 is 4.74 Å². The van der Waals surface area contributed by atoms with Crippen molar-refractivity contribution in [1.82, 2.24) is 0 Å². The minimum absolute atomic E-state index is 0.137. The number of aryl methyl sites for hydroxylation is 2. The minimum atomic E-state index is 0.137. The summed E-state index contributed by atoms with van der Waals surface area (Å²) >= 11 is 0. The van der Waals surface area contributed by atoms with Crippen LogP contribution in [0, 0.1) is 13.8 Å². The molecule has 1 saturated heterocycles. The van der Waals surface area contributed by atoms with Crippen LogP contribution < -0.4 is 0 Å². The molecule has 0 radical (unpaired) electrons. The molecule has 0 spiro atoms. The predicted octanol–water partition coefficient (Wildman–Crippen LogP) is 3.45. The third kappa shape index (κ3) is 3.16. The molecule has 2 rings (SSSR count). The van der Waals surface area contributed by atoms with E-state index in [9.17, 15) is 4.79 Å². The van der Waals surface area contributed by atoms with Gasteiger partial charge in [-0.2, -0.15) is 0 Å². The topological polar surface area (TPSA) is 26.3 Å². The molecule has 0 saturated carbocycles. The third-order valence-electron chi connectivity index (χ3n) is 3.52. The van der Waals surface area contributed by atoms with Gasteiger partial charge >= 0.3 is 0 Å². The van der Waals surface area contributed by atoms with E-state index in [0.29, 0.717) is 6.42 Å². The molecule has 1 aromatic rings. The highest BCUT2D eigenvalue weighted by Gasteiger charge is 2.18. The molecule has 92 valence electrons. The van der Waals surface area contributed by atoms with Gasteiger partial charge in [-0.3, -0.25) is 4.79 Å². The van der Waals surface area contributed by atoms with Gasteiger partial charge in [-0.1, -0.05) is 12.1 Å². The second kappa shape index (κ2) is 5.46. The normalized spacial score (nSPS) is 20.2. The lowest BCUT2D eigenvalue weighted by Crippen LogP contribution is -2.22. The summed E-state index contributed by atoms with van der Waals surface area (Å²) in [5, 5.41) is 0. The maximum absolute atomic E-state index is 12.1. The van der Waals surface area contributed by atoms with Gasteiger partial charge in [-0.15, -0.1) is 0 Å². The van der Waals surface area contributed by atoms with E-state index in [1.807, 2.05) is 25.1 Å². The van der Waals surface area contributed by atoms with Gasteiger partial charge in [0.05, 0.1) is 6.10 Å². The fourth-order valence-electron chi connectivity index (χ4n) is 2.21. The molecule has 1 atom stereocenters. The fraction of sp³-hybridized carbons (Fsp3) is 0.533. The molecule has 0 N–H and O–H groups in total. The van der Waals surface area contributed by atoms with Gasteiger partial charge in [0.2, 0.25) is 0 Å². The number of hydrogen-bond donors (Lipinski definition) is 0. The lowest BCUT2D eigenvalue weighted by atomic mass is 9.98. The number of benzene rings is 1. The molecule has 17 heavy (non-hydrogen) atoms. The molecule has 2 nitrogen and oxygen atoms in total. The van der Waals surface area contributed by atoms with Crippen molar-refractivity contribution >= 4 is 5.78 Å². The van der Waals surface area contributed by atoms with Gasteiger partial charge in [-0.05, 0) is 50.3 Å². The average Bonchev–Trinajstić information content (AvgIpc) is 2.34. The monoisotopic (exact) mass is 232 g/mol. The van der Waals surface area contributed by atoms with E-state index >= 15 is 0 Å². The lowest BCUT2D eigenvalue weighted by molar-refractivity contribution is 0.0129. The van der Waals surface area contributed by atoms with E-state index in [2.05, 4.69) is 6.92 Å². The van der Waals surface area contributed by atoms with Crippen molar-refractivity contribution in [2.24, 2.45) is 0 Å². The Morgan fingerprint density at radius 2 is 2.12 bits per heavy atom. The van der Waals surface area contributed by atoms with Crippen molar-refractivity contribution in [2.75, 3.05) is 6.61 Å². The lowest BCUT2D eigenvalue weighted by Gasteiger charge is -2.21. The van der Waals surface area contributed by atoms with Gasteiger partial charge in [-0.25, -0.2) is 0 Å². The van der Waals surface area contributed by atoms with Crippen LogP contribution in [0.25, 0.3) is 0 Å². The molecule has 0 aromatic heterocycles. The molecular formula is C15H20O2. The second-order valence-corrected chi connectivity index (χ2v) is 4.91. The van der Waals surface area contributed by atoms with E-state index in [1.165, 1.54) is 17.5 Å². The van der Waals surface area contributed by atoms with Crippen molar-refractivity contribution in [3.05, 3.63) is 34.9 Å². The summed E-state index contributed by atoms with van der Waals surface area (Å²) in [4.78, 5) is 12.1. The third-order valence-corrected chi connectivity index (χ3v) is 3.52. The molecule has 0 bridgehead atoms. The van der Waals surface area contributed by atoms with E-state index < -0.39 is 0 Å². The molecule has 1 aliphatic heterocycles. The predicted molar refractivity (Wildman–Crippen MR) is 68.5 cm³/mol. The molecule has 0 aliphatic carbocycles. The maximum atomic E-state index is 12.1. The second-order valence-electron chi connectivity index (χ2n) is 4.91. The summed E-state index contributed by atoms with van der Waals surface area (Å²) in [6.45, 7) is 4.92. The number of carbonyl (C=O) groups is 1. The highest BCUT2D eigenvalue weighted by molar-refractivity contribution is 5.96. The van der Waals surface area contributed by atoms with Crippen molar-refractivity contribution in [3.63, 3.8) is 0 Å². The Kier molecular flexibility index (Phi) is 3.95. The van der Waals surface area contributed by atoms with Crippen LogP contribution in [0.15, 0.2) is 18.2 Å². The molecular weight excluding hydrogens is 212 g/mol. The van der Waals surface area contributed by atoms with Crippen molar-refractivity contribution < 1.29 is 9.53 Å². The molecule has 1 aliphatic rings. The summed E-state index contributed by atoms with van der Waals surface area (Å²) in [5.74, 6) is 0.208. The number of Topliss-reactive ketones (excluding diaryl/α,β-unsaturated/α-hetero) is 1. The Balaban J connectivity index is 2.01. The van der Waals surface area contributed by atoms with Gasteiger partial charge in [0.15, 0.2) is 5.78 Å². The maximum Gasteiger partial charge on any atom is 0.165 e. The Bertz CT molecular complexity index is 403. The zero-order valence-corrected chi connectivity index (χ0v) is 10.7. The van der Waals surface area contributed by atoms with Crippen LogP contribution in [0.2, 0.25) is 0 Å². The summed E-state index contributed by atoms with van der Waals surface area (Å²) in [5.41, 5.74) is 3.23. The van der Waals surface area contributed by atoms with Gasteiger partial charge in [0.1, 0.15) is 0 Å². The average molecular weight is 232 g/mol. The molecule has 0 amide bonds. The smallest absolute Gasteiger partial charge is 0.165 e. The first-order chi connectivity index (χ1) is 8.16. The Labute approximate surface area is 103 Å². The number of ketones is 1. The number of rotatable bonds is 3. The summed E-state index contributed by atoms with van der Waals surface area (Å²) in [7, 11) is 0. The molecule has 1 heterocycles. The van der Waals surface area contributed by atoms with Crippen molar-refractivity contribution in [1.29, 1.82) is 0 Å². The molecule has 1 aromatic carbocycles. The van der Waals surface area contributed by atoms with E-state index in [-0.39, 0.29) is 11.9 Å². The van der Waals surface area contributed by atoms with Crippen molar-refractivity contribution in [3.8, 4) is 0 Å². The van der Waals surface area contributed by atoms with E-state index in [4.69, 9.17) is 4.74 Å². The molecule has 1 fully saturated rings. The SMILES string of the molecule is Cc1ccc(C(=O)CC2CCCCO2)cc1C. The Morgan fingerprint density at radius 3 is 2.76 bits per heavy atom. The first-order valence-electron chi connectivity index (χ1n) is 6.39. The number of hydrogen-bond acceptors (Lipinski definition) is 2. The first kappa shape index (κ1) is 12.3. The van der Waals surface area contributed by atoms with Gasteiger partial charge in [0.25, 0.3) is 0 Å². The summed E-state index contributed by atoms with van der Waals surface area (Å²) in [6.07, 6.45) is 4.01. The van der Waals surface area contributed by atoms with Crippen LogP contribution >= 0.6 is 0 Å². The van der Waals surface area contributed by atoms with Crippen LogP contribution in [-0.4, -0.2) is 18.5 Å². The Hall–Kier alpha value is -1.15. The van der Waals surface area contributed by atoms with Crippen LogP contribution in [0.1, 0.15) is 47.2 Å². The fourth-order valence-corrected chi connectivity index (χ4v) is 2.21. The van der Waals surface area contributed by atoms with Crippen LogP contribution in [0.4, 0.5) is 0 Å². The van der Waals surface area contributed by atoms with Crippen LogP contribution in [-0.2, 0) is 4.74 Å². The van der Waals surface area contributed by atoms with Crippen molar-refractivity contribution in [2.45, 2.75) is 45.6 Å². The van der Waals surface area contributed by atoms with Crippen LogP contribution in [0.3, 0.4) is 0 Å². The standard InChI is InChI=1S/C15H20O2/c1-11-6-7-13(9-12(11)2)15(16)10-14-5-3-4-8-17-14/h6-7,9,14H,3-5,8,10H2,1-2H3.